The zero-order chi connectivity index (χ0) is 7.44. The smallest absolute Gasteiger partial charge is 0.443 e. The molecule has 1 unspecified atom stereocenters. The van der Waals surface area contributed by atoms with E-state index in [1.54, 1.807) is 0 Å². The van der Waals surface area contributed by atoms with Crippen LogP contribution in [0.5, 0.6) is 0 Å². The average molecular weight is 188 g/mol. The third-order valence-corrected chi connectivity index (χ3v) is 0.908. The second-order valence-corrected chi connectivity index (χ2v) is 2.53. The van der Waals surface area contributed by atoms with Crippen molar-refractivity contribution >= 4 is 43.1 Å². The lowest BCUT2D eigenvalue weighted by atomic mass is 11.3. The van der Waals surface area contributed by atoms with Gasteiger partial charge in [-0.05, 0) is 25.6 Å². The van der Waals surface area contributed by atoms with E-state index in [-0.39, 0.29) is 0 Å². The zero-order valence-corrected chi connectivity index (χ0v) is 6.49. The molecule has 0 heterocycles. The monoisotopic (exact) mass is 188 g/mol. The first-order valence-electron chi connectivity index (χ1n) is 1.53. The van der Waals surface area contributed by atoms with Crippen LogP contribution in [0.3, 0.4) is 0 Å². The van der Waals surface area contributed by atoms with Crippen molar-refractivity contribution in [3.05, 3.63) is 0 Å². The van der Waals surface area contributed by atoms with Gasteiger partial charge in [-0.2, -0.15) is 3.71 Å². The first-order valence-corrected chi connectivity index (χ1v) is 3.33. The molecule has 0 radical (unpaired) electrons. The molecule has 0 saturated carbocycles. The van der Waals surface area contributed by atoms with E-state index in [0.717, 1.165) is 0 Å². The highest BCUT2D eigenvalue weighted by Crippen LogP contribution is 2.00. The molecule has 0 bridgehead atoms. The summed E-state index contributed by atoms with van der Waals surface area (Å²) < 4.78 is 23.1. The van der Waals surface area contributed by atoms with E-state index in [1.807, 2.05) is 0 Å². The Labute approximate surface area is 64.9 Å². The lowest BCUT2D eigenvalue weighted by Gasteiger charge is -2.07. The molecule has 0 spiro atoms. The largest absolute Gasteiger partial charge is 0.740 e. The summed E-state index contributed by atoms with van der Waals surface area (Å²) in [5.74, 6) is 0. The lowest BCUT2D eigenvalue weighted by Crippen LogP contribution is -2.14. The van der Waals surface area contributed by atoms with Crippen LogP contribution in [0.1, 0.15) is 0 Å². The number of thiol groups is 2. The number of hydrogen-bond acceptors (Lipinski definition) is 6. The first kappa shape index (κ1) is 9.08. The van der Waals surface area contributed by atoms with Crippen LogP contribution in [0.15, 0.2) is 0 Å². The minimum atomic E-state index is -2.86. The Morgan fingerprint density at radius 1 is 1.67 bits per heavy atom. The predicted octanol–water partition coefficient (Wildman–Crippen LogP) is -0.0913. The Hall–Kier alpha value is 0.0800. The van der Waals surface area contributed by atoms with Gasteiger partial charge in [0.05, 0.1) is 0 Å². The quantitative estimate of drug-likeness (QED) is 0.445. The van der Waals surface area contributed by atoms with Crippen molar-refractivity contribution in [1.82, 2.24) is 3.71 Å². The molecular formula is CH2NO4S3-. The lowest BCUT2D eigenvalue weighted by molar-refractivity contribution is 0.197. The van der Waals surface area contributed by atoms with Crippen molar-refractivity contribution in [2.75, 3.05) is 0 Å². The van der Waals surface area contributed by atoms with E-state index in [2.05, 4.69) is 29.8 Å². The van der Waals surface area contributed by atoms with E-state index in [0.29, 0.717) is 3.71 Å². The number of carbonyl (C=O) groups excluding carboxylic acids is 1. The number of carbonyl (C=O) groups is 1. The Morgan fingerprint density at radius 2 is 2.11 bits per heavy atom. The maximum absolute atomic E-state index is 10.1. The summed E-state index contributed by atoms with van der Waals surface area (Å²) in [6, 6.07) is 0. The Balaban J connectivity index is 3.64. The second-order valence-electron chi connectivity index (χ2n) is 0.843. The topological polar surface area (TPSA) is 69.7 Å². The van der Waals surface area contributed by atoms with Gasteiger partial charge in [0.25, 0.3) is 0 Å². The van der Waals surface area contributed by atoms with Gasteiger partial charge in [0.15, 0.2) is 0 Å². The summed E-state index contributed by atoms with van der Waals surface area (Å²) in [6.45, 7) is 0. The van der Waals surface area contributed by atoms with Gasteiger partial charge in [0, 0.05) is 0 Å². The molecule has 5 nitrogen and oxygen atoms in total. The summed E-state index contributed by atoms with van der Waals surface area (Å²) in [5, 5.41) is 0. The van der Waals surface area contributed by atoms with Crippen LogP contribution in [0.25, 0.3) is 0 Å². The minimum absolute atomic E-state index is 0.399. The molecule has 0 saturated heterocycles. The normalized spacial score (nSPS) is 12.3. The minimum Gasteiger partial charge on any atom is -0.740 e. The van der Waals surface area contributed by atoms with Crippen LogP contribution < -0.4 is 0 Å². The molecule has 0 fully saturated rings. The van der Waals surface area contributed by atoms with E-state index in [4.69, 9.17) is 0 Å². The van der Waals surface area contributed by atoms with E-state index >= 15 is 0 Å². The van der Waals surface area contributed by atoms with Gasteiger partial charge in [-0.3, -0.25) is 0 Å². The molecule has 1 atom stereocenters. The van der Waals surface area contributed by atoms with E-state index in [9.17, 15) is 13.6 Å². The summed E-state index contributed by atoms with van der Waals surface area (Å²) in [6.07, 6.45) is -1.17. The molecule has 0 rings (SSSR count). The highest BCUT2D eigenvalue weighted by Gasteiger charge is 2.05. The maximum atomic E-state index is 10.1. The third-order valence-electron chi connectivity index (χ3n) is 0.303. The second kappa shape index (κ2) is 3.99. The molecule has 54 valence electrons. The standard InChI is InChI=1S/CH3NO4S3/c3-1(2(7)8)6-9(4)5/h7-8H,(H,4,5)/p-1. The summed E-state index contributed by atoms with van der Waals surface area (Å²) in [5.41, 5.74) is 0. The van der Waals surface area contributed by atoms with Gasteiger partial charge >= 0.3 is 6.09 Å². The summed E-state index contributed by atoms with van der Waals surface area (Å²) in [7, 11) is 0. The number of nitrogens with zero attached hydrogens (tertiary/aromatic N) is 1. The highest BCUT2D eigenvalue weighted by atomic mass is 32.2. The average Bonchev–Trinajstić information content (AvgIpc) is 1.63. The van der Waals surface area contributed by atoms with E-state index in [1.165, 1.54) is 0 Å². The fourth-order valence-electron chi connectivity index (χ4n) is 0.0915. The van der Waals surface area contributed by atoms with Gasteiger partial charge in [-0.1, -0.05) is 0 Å². The number of amides is 1. The van der Waals surface area contributed by atoms with Crippen LogP contribution in [-0.4, -0.2) is 18.6 Å². The molecular weight excluding hydrogens is 186 g/mol. The molecule has 0 aromatic heterocycles. The Bertz CT molecular complexity index is 134. The molecule has 0 aliphatic rings. The van der Waals surface area contributed by atoms with Crippen LogP contribution in [0.2, 0.25) is 0 Å². The molecule has 0 aromatic rings. The summed E-state index contributed by atoms with van der Waals surface area (Å²) >= 11 is 3.78. The van der Waals surface area contributed by atoms with Crippen molar-refractivity contribution in [2.45, 2.75) is 0 Å². The van der Waals surface area contributed by atoms with Crippen LogP contribution in [0.4, 0.5) is 4.79 Å². The fraction of sp³-hybridized carbons (Fsp3) is 0. The SMILES string of the molecule is O=C(OS(=O)[O-])N(S)S. The van der Waals surface area contributed by atoms with Crippen molar-refractivity contribution in [1.29, 1.82) is 0 Å². The predicted molar refractivity (Wildman–Crippen MR) is 35.2 cm³/mol. The molecule has 8 heteroatoms. The number of rotatable bonds is 1. The third kappa shape index (κ3) is 4.58. The van der Waals surface area contributed by atoms with Gasteiger partial charge in [0.2, 0.25) is 0 Å². The van der Waals surface area contributed by atoms with Crippen molar-refractivity contribution in [3.8, 4) is 0 Å². The fourth-order valence-corrected chi connectivity index (χ4v) is 0.475. The summed E-state index contributed by atoms with van der Waals surface area (Å²) in [4.78, 5) is 10.1. The number of hydrogen-bond donors (Lipinski definition) is 2. The van der Waals surface area contributed by atoms with E-state index < -0.39 is 17.5 Å². The van der Waals surface area contributed by atoms with Crippen molar-refractivity contribution < 1.29 is 17.7 Å². The van der Waals surface area contributed by atoms with Crippen LogP contribution >= 0.6 is 25.6 Å². The van der Waals surface area contributed by atoms with Crippen molar-refractivity contribution in [3.63, 3.8) is 0 Å². The van der Waals surface area contributed by atoms with Gasteiger partial charge in [-0.25, -0.2) is 9.00 Å². The van der Waals surface area contributed by atoms with Crippen molar-refractivity contribution in [2.24, 2.45) is 0 Å². The maximum Gasteiger partial charge on any atom is 0.443 e. The molecule has 0 aliphatic heterocycles. The molecule has 0 N–H and O–H groups in total. The Morgan fingerprint density at radius 3 is 2.22 bits per heavy atom. The molecule has 0 aliphatic carbocycles. The highest BCUT2D eigenvalue weighted by molar-refractivity contribution is 7.94. The van der Waals surface area contributed by atoms with Gasteiger partial charge in [-0.15, -0.1) is 0 Å². The van der Waals surface area contributed by atoms with Crippen LogP contribution in [0, 0.1) is 0 Å². The van der Waals surface area contributed by atoms with Crippen LogP contribution in [-0.2, 0) is 15.5 Å². The van der Waals surface area contributed by atoms with Gasteiger partial charge < -0.3 is 8.74 Å². The molecule has 1 amide bonds. The Kier molecular flexibility index (Phi) is 4.02. The van der Waals surface area contributed by atoms with Gasteiger partial charge in [0.1, 0.15) is 11.4 Å². The zero-order valence-electron chi connectivity index (χ0n) is 3.88. The molecule has 0 aromatic carbocycles. The first-order chi connectivity index (χ1) is 4.04. The molecule has 9 heavy (non-hydrogen) atoms.